The summed E-state index contributed by atoms with van der Waals surface area (Å²) in [5, 5.41) is 15.1. The van der Waals surface area contributed by atoms with E-state index in [0.717, 1.165) is 49.1 Å². The first-order chi connectivity index (χ1) is 17.1. The lowest BCUT2D eigenvalue weighted by Gasteiger charge is -2.26. The van der Waals surface area contributed by atoms with Gasteiger partial charge in [0.15, 0.2) is 5.65 Å². The molecule has 2 N–H and O–H groups in total. The predicted molar refractivity (Wildman–Crippen MR) is 132 cm³/mol. The lowest BCUT2D eigenvalue weighted by atomic mass is 9.90. The first-order valence-electron chi connectivity index (χ1n) is 13.1. The fourth-order valence-electron chi connectivity index (χ4n) is 5.58. The van der Waals surface area contributed by atoms with Crippen LogP contribution in [0.15, 0.2) is 30.7 Å². The van der Waals surface area contributed by atoms with E-state index in [1.54, 1.807) is 21.5 Å². The number of nitrogens with one attached hydrogen (secondary N) is 2. The smallest absolute Gasteiger partial charge is 0.270 e. The van der Waals surface area contributed by atoms with Crippen LogP contribution in [0.5, 0.6) is 0 Å². The summed E-state index contributed by atoms with van der Waals surface area (Å²) in [6.45, 7) is 3.39. The van der Waals surface area contributed by atoms with Gasteiger partial charge in [0, 0.05) is 25.2 Å². The molecular formula is C26H35N7O2. The Hall–Kier alpha value is -3.23. The molecule has 35 heavy (non-hydrogen) atoms. The molecule has 1 saturated heterocycles. The van der Waals surface area contributed by atoms with E-state index in [4.69, 9.17) is 4.98 Å². The number of aromatic nitrogens is 5. The minimum Gasteiger partial charge on any atom is -0.356 e. The molecule has 1 aliphatic carbocycles. The lowest BCUT2D eigenvalue weighted by molar-refractivity contribution is -0.126. The predicted octanol–water partition coefficient (Wildman–Crippen LogP) is 3.46. The molecule has 3 aromatic heterocycles. The van der Waals surface area contributed by atoms with Gasteiger partial charge < -0.3 is 10.6 Å². The Morgan fingerprint density at radius 3 is 2.77 bits per heavy atom. The second-order valence-electron chi connectivity index (χ2n) is 9.90. The number of hydrogen-bond acceptors (Lipinski definition) is 5. The van der Waals surface area contributed by atoms with Gasteiger partial charge in [0.1, 0.15) is 5.69 Å². The van der Waals surface area contributed by atoms with Gasteiger partial charge in [-0.1, -0.05) is 25.7 Å². The molecule has 4 heterocycles. The highest BCUT2D eigenvalue weighted by atomic mass is 16.2. The third-order valence-corrected chi connectivity index (χ3v) is 7.50. The standard InChI is InChI=1S/C26H35N7O2/c1-2-32-22(11-13-28-32)26(35)31-24(19-8-5-3-4-6-9-19)21-17-33-23(30-21)15-18(16-29-33)14-20-10-7-12-27-25(20)34/h11,13,15-17,19-20,24H,2-10,12,14H2,1H3,(H,27,34)(H,31,35). The van der Waals surface area contributed by atoms with Gasteiger partial charge in [0.2, 0.25) is 5.91 Å². The average molecular weight is 478 g/mol. The van der Waals surface area contributed by atoms with Gasteiger partial charge in [-0.25, -0.2) is 9.50 Å². The zero-order valence-corrected chi connectivity index (χ0v) is 20.4. The second-order valence-corrected chi connectivity index (χ2v) is 9.90. The molecule has 2 unspecified atom stereocenters. The summed E-state index contributed by atoms with van der Waals surface area (Å²) < 4.78 is 3.50. The van der Waals surface area contributed by atoms with Gasteiger partial charge >= 0.3 is 0 Å². The zero-order valence-electron chi connectivity index (χ0n) is 20.4. The van der Waals surface area contributed by atoms with Crippen molar-refractivity contribution in [1.29, 1.82) is 0 Å². The molecule has 0 spiro atoms. The van der Waals surface area contributed by atoms with Crippen molar-refractivity contribution in [3.05, 3.63) is 47.7 Å². The van der Waals surface area contributed by atoms with Crippen LogP contribution >= 0.6 is 0 Å². The first kappa shape index (κ1) is 23.5. The minimum atomic E-state index is -0.185. The van der Waals surface area contributed by atoms with Crippen molar-refractivity contribution in [3.63, 3.8) is 0 Å². The van der Waals surface area contributed by atoms with Crippen LogP contribution in [0, 0.1) is 11.8 Å². The number of fused-ring (bicyclic) bond motifs is 1. The summed E-state index contributed by atoms with van der Waals surface area (Å²) in [7, 11) is 0. The Morgan fingerprint density at radius 1 is 1.17 bits per heavy atom. The highest BCUT2D eigenvalue weighted by Gasteiger charge is 2.29. The molecule has 1 aliphatic heterocycles. The highest BCUT2D eigenvalue weighted by Crippen LogP contribution is 2.33. The Kier molecular flexibility index (Phi) is 7.11. The van der Waals surface area contributed by atoms with Crippen molar-refractivity contribution < 1.29 is 9.59 Å². The number of carbonyl (C=O) groups excluding carboxylic acids is 2. The molecule has 9 heteroatoms. The Bertz CT molecular complexity index is 1180. The number of piperidine rings is 1. The van der Waals surface area contributed by atoms with E-state index in [1.165, 1.54) is 25.7 Å². The van der Waals surface area contributed by atoms with Crippen molar-refractivity contribution in [1.82, 2.24) is 35.0 Å². The first-order valence-corrected chi connectivity index (χ1v) is 13.1. The van der Waals surface area contributed by atoms with Crippen molar-refractivity contribution in [2.24, 2.45) is 11.8 Å². The monoisotopic (exact) mass is 477 g/mol. The van der Waals surface area contributed by atoms with Crippen LogP contribution in [0.2, 0.25) is 0 Å². The van der Waals surface area contributed by atoms with E-state index < -0.39 is 0 Å². The van der Waals surface area contributed by atoms with Gasteiger partial charge in [-0.2, -0.15) is 10.2 Å². The molecule has 2 atom stereocenters. The summed E-state index contributed by atoms with van der Waals surface area (Å²) in [5.41, 5.74) is 3.17. The van der Waals surface area contributed by atoms with Gasteiger partial charge in [0.25, 0.3) is 5.91 Å². The van der Waals surface area contributed by atoms with Crippen molar-refractivity contribution in [2.45, 2.75) is 77.3 Å². The largest absolute Gasteiger partial charge is 0.356 e. The topological polar surface area (TPSA) is 106 Å². The van der Waals surface area contributed by atoms with Crippen molar-refractivity contribution >= 4 is 17.5 Å². The number of amides is 2. The van der Waals surface area contributed by atoms with E-state index >= 15 is 0 Å². The maximum atomic E-state index is 13.3. The molecular weight excluding hydrogens is 442 g/mol. The molecule has 1 saturated carbocycles. The molecule has 186 valence electrons. The normalized spacial score (nSPS) is 20.4. The van der Waals surface area contributed by atoms with E-state index in [1.807, 2.05) is 25.4 Å². The summed E-state index contributed by atoms with van der Waals surface area (Å²) >= 11 is 0. The molecule has 5 rings (SSSR count). The third-order valence-electron chi connectivity index (χ3n) is 7.50. The number of aryl methyl sites for hydroxylation is 1. The van der Waals surface area contributed by atoms with Gasteiger partial charge in [-0.15, -0.1) is 0 Å². The molecule has 2 aliphatic rings. The summed E-state index contributed by atoms with van der Waals surface area (Å²) in [6, 6.07) is 3.60. The quantitative estimate of drug-likeness (QED) is 0.507. The zero-order chi connectivity index (χ0) is 24.2. The lowest BCUT2D eigenvalue weighted by Crippen LogP contribution is -2.37. The van der Waals surface area contributed by atoms with Crippen molar-refractivity contribution in [2.75, 3.05) is 6.54 Å². The van der Waals surface area contributed by atoms with Crippen LogP contribution in [-0.4, -0.2) is 42.7 Å². The molecule has 0 aromatic carbocycles. The van der Waals surface area contributed by atoms with E-state index in [2.05, 4.69) is 20.8 Å². The van der Waals surface area contributed by atoms with Gasteiger partial charge in [-0.3, -0.25) is 14.3 Å². The van der Waals surface area contributed by atoms with Gasteiger partial charge in [0.05, 0.1) is 24.1 Å². The van der Waals surface area contributed by atoms with E-state index in [0.29, 0.717) is 24.6 Å². The maximum absolute atomic E-state index is 13.3. The summed E-state index contributed by atoms with van der Waals surface area (Å²) in [6.07, 6.45) is 15.0. The Morgan fingerprint density at radius 2 is 2.00 bits per heavy atom. The molecule has 9 nitrogen and oxygen atoms in total. The van der Waals surface area contributed by atoms with Crippen LogP contribution in [0.4, 0.5) is 0 Å². The van der Waals surface area contributed by atoms with E-state index in [-0.39, 0.29) is 23.8 Å². The number of carbonyl (C=O) groups is 2. The minimum absolute atomic E-state index is 0.0103. The van der Waals surface area contributed by atoms with E-state index in [9.17, 15) is 9.59 Å². The molecule has 3 aromatic rings. The van der Waals surface area contributed by atoms with Crippen LogP contribution in [0.3, 0.4) is 0 Å². The maximum Gasteiger partial charge on any atom is 0.270 e. The summed E-state index contributed by atoms with van der Waals surface area (Å²) in [5.74, 6) is 0.328. The number of hydrogen-bond donors (Lipinski definition) is 2. The third kappa shape index (κ3) is 5.23. The number of nitrogens with zero attached hydrogens (tertiary/aromatic N) is 5. The fraction of sp³-hybridized carbons (Fsp3) is 0.577. The van der Waals surface area contributed by atoms with Crippen LogP contribution in [0.1, 0.15) is 86.1 Å². The molecule has 0 bridgehead atoms. The number of rotatable bonds is 7. The molecule has 0 radical (unpaired) electrons. The highest BCUT2D eigenvalue weighted by molar-refractivity contribution is 5.92. The summed E-state index contributed by atoms with van der Waals surface area (Å²) in [4.78, 5) is 30.4. The fourth-order valence-corrected chi connectivity index (χ4v) is 5.58. The second kappa shape index (κ2) is 10.6. The van der Waals surface area contributed by atoms with Gasteiger partial charge in [-0.05, 0) is 62.6 Å². The van der Waals surface area contributed by atoms with Crippen LogP contribution in [-0.2, 0) is 17.8 Å². The SMILES string of the molecule is CCn1nccc1C(=O)NC(c1cn2ncc(CC3CCCNC3=O)cc2n1)C1CCCCCC1. The Labute approximate surface area is 205 Å². The number of imidazole rings is 1. The van der Waals surface area contributed by atoms with Crippen molar-refractivity contribution in [3.8, 4) is 0 Å². The van der Waals surface area contributed by atoms with Crippen LogP contribution < -0.4 is 10.6 Å². The average Bonchev–Trinajstić information content (AvgIpc) is 3.43. The molecule has 2 amide bonds. The Balaban J connectivity index is 1.41. The van der Waals surface area contributed by atoms with Crippen LogP contribution in [0.25, 0.3) is 5.65 Å². The molecule has 2 fully saturated rings.